The fraction of sp³-hybridized carbons (Fsp3) is 0.235. The number of hydrogen-bond donors (Lipinski definition) is 0. The number of rotatable bonds is 2. The second-order valence-electron chi connectivity index (χ2n) is 4.88. The van der Waals surface area contributed by atoms with Gasteiger partial charge in [-0.3, -0.25) is 0 Å². The van der Waals surface area contributed by atoms with E-state index in [4.69, 9.17) is 4.74 Å². The van der Waals surface area contributed by atoms with Gasteiger partial charge in [-0.05, 0) is 60.2 Å². The van der Waals surface area contributed by atoms with Gasteiger partial charge in [0.1, 0.15) is 0 Å². The van der Waals surface area contributed by atoms with E-state index in [2.05, 4.69) is 31.2 Å². The molecule has 0 aliphatic heterocycles. The second-order valence-corrected chi connectivity index (χ2v) is 4.88. The zero-order valence-corrected chi connectivity index (χ0v) is 11.2. The summed E-state index contributed by atoms with van der Waals surface area (Å²) in [6.45, 7) is 4.30. The molecule has 0 saturated heterocycles. The molecule has 2 nitrogen and oxygen atoms in total. The maximum Gasteiger partial charge on any atom is 0.338 e. The van der Waals surface area contributed by atoms with E-state index in [1.165, 1.54) is 22.3 Å². The molecule has 19 heavy (non-hydrogen) atoms. The van der Waals surface area contributed by atoms with Crippen molar-refractivity contribution in [3.63, 3.8) is 0 Å². The number of carbonyl (C=O) groups is 1. The van der Waals surface area contributed by atoms with Gasteiger partial charge in [-0.1, -0.05) is 24.3 Å². The molecule has 1 aliphatic carbocycles. The van der Waals surface area contributed by atoms with Gasteiger partial charge in [-0.15, -0.1) is 0 Å². The molecule has 3 rings (SSSR count). The molecule has 0 unspecified atom stereocenters. The summed E-state index contributed by atoms with van der Waals surface area (Å²) in [6, 6.07) is 12.3. The Hall–Kier alpha value is -2.09. The van der Waals surface area contributed by atoms with Crippen molar-refractivity contribution >= 4 is 5.97 Å². The maximum atomic E-state index is 11.8. The van der Waals surface area contributed by atoms with E-state index < -0.39 is 0 Å². The SMILES string of the molecule is CCOC(=O)c1cc(C)c2c(c1)Cc1ccccc1-2. The lowest BCUT2D eigenvalue weighted by atomic mass is 9.98. The first-order valence-corrected chi connectivity index (χ1v) is 6.59. The standard InChI is InChI=1S/C17H16O2/c1-3-19-17(18)14-8-11(2)16-13(10-14)9-12-6-4-5-7-15(12)16/h4-8,10H,3,9H2,1-2H3. The quantitative estimate of drug-likeness (QED) is 0.649. The summed E-state index contributed by atoms with van der Waals surface area (Å²) in [5.41, 5.74) is 6.94. The topological polar surface area (TPSA) is 26.3 Å². The van der Waals surface area contributed by atoms with Crippen molar-refractivity contribution in [1.29, 1.82) is 0 Å². The molecule has 0 saturated carbocycles. The Morgan fingerprint density at radius 3 is 2.79 bits per heavy atom. The first-order valence-electron chi connectivity index (χ1n) is 6.59. The molecule has 0 fully saturated rings. The lowest BCUT2D eigenvalue weighted by Gasteiger charge is -2.09. The molecule has 0 N–H and O–H groups in total. The summed E-state index contributed by atoms with van der Waals surface area (Å²) in [5, 5.41) is 0. The zero-order chi connectivity index (χ0) is 13.4. The van der Waals surface area contributed by atoms with Crippen LogP contribution in [0.5, 0.6) is 0 Å². The molecular formula is C17H16O2. The van der Waals surface area contributed by atoms with Crippen molar-refractivity contribution in [1.82, 2.24) is 0 Å². The third-order valence-corrected chi connectivity index (χ3v) is 3.60. The predicted octanol–water partition coefficient (Wildman–Crippen LogP) is 3.74. The number of ether oxygens (including phenoxy) is 1. The normalized spacial score (nSPS) is 11.9. The van der Waals surface area contributed by atoms with Crippen LogP contribution in [0.1, 0.15) is 34.0 Å². The fourth-order valence-electron chi connectivity index (χ4n) is 2.84. The van der Waals surface area contributed by atoms with Gasteiger partial charge in [-0.2, -0.15) is 0 Å². The van der Waals surface area contributed by atoms with Crippen LogP contribution in [0.4, 0.5) is 0 Å². The van der Waals surface area contributed by atoms with E-state index in [-0.39, 0.29) is 5.97 Å². The minimum absolute atomic E-state index is 0.232. The van der Waals surface area contributed by atoms with Gasteiger partial charge in [0, 0.05) is 0 Å². The molecular weight excluding hydrogens is 236 g/mol. The highest BCUT2D eigenvalue weighted by Gasteiger charge is 2.22. The molecule has 2 aromatic carbocycles. The molecule has 2 aromatic rings. The van der Waals surface area contributed by atoms with E-state index in [0.29, 0.717) is 12.2 Å². The summed E-state index contributed by atoms with van der Waals surface area (Å²) in [4.78, 5) is 11.8. The number of aryl methyl sites for hydroxylation is 1. The van der Waals surface area contributed by atoms with E-state index >= 15 is 0 Å². The third kappa shape index (κ3) is 1.93. The van der Waals surface area contributed by atoms with Crippen LogP contribution in [0.25, 0.3) is 11.1 Å². The van der Waals surface area contributed by atoms with Gasteiger partial charge in [-0.25, -0.2) is 4.79 Å². The average molecular weight is 252 g/mol. The zero-order valence-electron chi connectivity index (χ0n) is 11.2. The van der Waals surface area contributed by atoms with E-state index in [1.54, 1.807) is 0 Å². The predicted molar refractivity (Wildman–Crippen MR) is 75.4 cm³/mol. The highest BCUT2D eigenvalue weighted by molar-refractivity contribution is 5.92. The number of fused-ring (bicyclic) bond motifs is 3. The van der Waals surface area contributed by atoms with E-state index in [9.17, 15) is 4.79 Å². The Morgan fingerprint density at radius 2 is 2.00 bits per heavy atom. The molecule has 0 bridgehead atoms. The van der Waals surface area contributed by atoms with Crippen molar-refractivity contribution in [2.24, 2.45) is 0 Å². The van der Waals surface area contributed by atoms with E-state index in [0.717, 1.165) is 12.0 Å². The summed E-state index contributed by atoms with van der Waals surface area (Å²) in [5.74, 6) is -0.232. The summed E-state index contributed by atoms with van der Waals surface area (Å²) in [6.07, 6.45) is 0.902. The molecule has 0 heterocycles. The van der Waals surface area contributed by atoms with Gasteiger partial charge < -0.3 is 4.74 Å². The van der Waals surface area contributed by atoms with Crippen molar-refractivity contribution in [3.05, 3.63) is 58.7 Å². The molecule has 96 valence electrons. The molecule has 1 aliphatic rings. The molecule has 0 radical (unpaired) electrons. The Bertz CT molecular complexity index is 656. The second kappa shape index (κ2) is 4.54. The summed E-state index contributed by atoms with van der Waals surface area (Å²) in [7, 11) is 0. The maximum absolute atomic E-state index is 11.8. The summed E-state index contributed by atoms with van der Waals surface area (Å²) >= 11 is 0. The molecule has 0 spiro atoms. The van der Waals surface area contributed by atoms with Crippen molar-refractivity contribution in [2.75, 3.05) is 6.61 Å². The Morgan fingerprint density at radius 1 is 1.21 bits per heavy atom. The monoisotopic (exact) mass is 252 g/mol. The Kier molecular flexibility index (Phi) is 2.86. The van der Waals surface area contributed by atoms with Gasteiger partial charge in [0.2, 0.25) is 0 Å². The van der Waals surface area contributed by atoms with Gasteiger partial charge in [0.05, 0.1) is 12.2 Å². The molecule has 0 aromatic heterocycles. The van der Waals surface area contributed by atoms with Crippen molar-refractivity contribution in [3.8, 4) is 11.1 Å². The van der Waals surface area contributed by atoms with Crippen LogP contribution < -0.4 is 0 Å². The summed E-state index contributed by atoms with van der Waals surface area (Å²) < 4.78 is 5.08. The van der Waals surface area contributed by atoms with Crippen LogP contribution in [0, 0.1) is 6.92 Å². The molecule has 0 amide bonds. The third-order valence-electron chi connectivity index (χ3n) is 3.60. The highest BCUT2D eigenvalue weighted by atomic mass is 16.5. The fourth-order valence-corrected chi connectivity index (χ4v) is 2.84. The first kappa shape index (κ1) is 12.0. The minimum Gasteiger partial charge on any atom is -0.462 e. The Labute approximate surface area is 113 Å². The largest absolute Gasteiger partial charge is 0.462 e. The average Bonchev–Trinajstić information content (AvgIpc) is 2.77. The first-order chi connectivity index (χ1) is 9.20. The molecule has 2 heteroatoms. The number of benzene rings is 2. The van der Waals surface area contributed by atoms with Crippen molar-refractivity contribution in [2.45, 2.75) is 20.3 Å². The lowest BCUT2D eigenvalue weighted by molar-refractivity contribution is 0.0526. The smallest absolute Gasteiger partial charge is 0.338 e. The minimum atomic E-state index is -0.232. The van der Waals surface area contributed by atoms with Gasteiger partial charge >= 0.3 is 5.97 Å². The van der Waals surface area contributed by atoms with Gasteiger partial charge in [0.25, 0.3) is 0 Å². The highest BCUT2D eigenvalue weighted by Crippen LogP contribution is 2.39. The lowest BCUT2D eigenvalue weighted by Crippen LogP contribution is -2.05. The van der Waals surface area contributed by atoms with Crippen molar-refractivity contribution < 1.29 is 9.53 Å². The van der Waals surface area contributed by atoms with E-state index in [1.807, 2.05) is 19.1 Å². The van der Waals surface area contributed by atoms with Crippen LogP contribution in [0.2, 0.25) is 0 Å². The molecule has 0 atom stereocenters. The van der Waals surface area contributed by atoms with Crippen LogP contribution in [-0.4, -0.2) is 12.6 Å². The van der Waals surface area contributed by atoms with Gasteiger partial charge in [0.15, 0.2) is 0 Å². The Balaban J connectivity index is 2.09. The van der Waals surface area contributed by atoms with Crippen LogP contribution in [-0.2, 0) is 11.2 Å². The van der Waals surface area contributed by atoms with Crippen LogP contribution in [0.3, 0.4) is 0 Å². The van der Waals surface area contributed by atoms with Crippen LogP contribution >= 0.6 is 0 Å². The number of hydrogen-bond acceptors (Lipinski definition) is 2. The number of esters is 1. The van der Waals surface area contributed by atoms with Crippen LogP contribution in [0.15, 0.2) is 36.4 Å². The number of carbonyl (C=O) groups excluding carboxylic acids is 1.